The normalized spacial score (nSPS) is 18.1. The minimum Gasteiger partial charge on any atom is -0.378 e. The number of amides is 1. The monoisotopic (exact) mass is 463 g/mol. The number of anilines is 1. The number of nitrogens with one attached hydrogen (secondary N) is 1. The van der Waals surface area contributed by atoms with Crippen LogP contribution >= 0.6 is 11.8 Å². The molecule has 1 aromatic heterocycles. The molecule has 0 saturated carbocycles. The summed E-state index contributed by atoms with van der Waals surface area (Å²) in [6.45, 7) is 4.97. The van der Waals surface area contributed by atoms with Gasteiger partial charge in [-0.2, -0.15) is 0 Å². The molecule has 0 spiro atoms. The maximum Gasteiger partial charge on any atom is 0.232 e. The zero-order valence-corrected chi connectivity index (χ0v) is 19.7. The van der Waals surface area contributed by atoms with Crippen molar-refractivity contribution in [3.8, 4) is 5.69 Å². The summed E-state index contributed by atoms with van der Waals surface area (Å²) in [6.07, 6.45) is 3.16. The van der Waals surface area contributed by atoms with E-state index < -0.39 is 0 Å². The van der Waals surface area contributed by atoms with Gasteiger partial charge in [0.25, 0.3) is 0 Å². The van der Waals surface area contributed by atoms with Crippen LogP contribution in [-0.2, 0) is 16.0 Å². The van der Waals surface area contributed by atoms with E-state index in [1.165, 1.54) is 28.5 Å². The molecule has 3 aromatic rings. The third kappa shape index (κ3) is 4.91. The van der Waals surface area contributed by atoms with Crippen LogP contribution in [0.4, 0.5) is 5.95 Å². The van der Waals surface area contributed by atoms with Gasteiger partial charge in [-0.3, -0.25) is 9.36 Å². The average Bonchev–Trinajstić information content (AvgIpc) is 3.28. The van der Waals surface area contributed by atoms with E-state index in [1.54, 1.807) is 0 Å². The molecule has 1 aliphatic heterocycles. The van der Waals surface area contributed by atoms with Crippen LogP contribution in [0.5, 0.6) is 0 Å². The SMILES string of the molecule is Cc1ccc(-n2c(SCC(=O)N[C@@H]3CCCc4ccccc43)nnc2N2CCOCC2)cc1. The number of hydrogen-bond donors (Lipinski definition) is 1. The van der Waals surface area contributed by atoms with Gasteiger partial charge in [-0.05, 0) is 49.4 Å². The molecule has 1 fully saturated rings. The van der Waals surface area contributed by atoms with Crippen molar-refractivity contribution in [2.45, 2.75) is 37.4 Å². The van der Waals surface area contributed by atoms with E-state index in [-0.39, 0.29) is 11.9 Å². The minimum atomic E-state index is 0.0214. The number of carbonyl (C=O) groups is 1. The van der Waals surface area contributed by atoms with Crippen LogP contribution < -0.4 is 10.2 Å². The second-order valence-electron chi connectivity index (χ2n) is 8.55. The first-order valence-electron chi connectivity index (χ1n) is 11.5. The summed E-state index contributed by atoms with van der Waals surface area (Å²) >= 11 is 1.43. The van der Waals surface area contributed by atoms with Crippen LogP contribution in [0.3, 0.4) is 0 Å². The molecule has 1 N–H and O–H groups in total. The Hall–Kier alpha value is -2.84. The van der Waals surface area contributed by atoms with Gasteiger partial charge < -0.3 is 15.0 Å². The van der Waals surface area contributed by atoms with E-state index in [2.05, 4.69) is 80.4 Å². The van der Waals surface area contributed by atoms with Gasteiger partial charge in [0.15, 0.2) is 5.16 Å². The van der Waals surface area contributed by atoms with E-state index in [1.807, 2.05) is 0 Å². The number of aryl methyl sites for hydroxylation is 2. The summed E-state index contributed by atoms with van der Waals surface area (Å²) in [5.74, 6) is 1.12. The largest absolute Gasteiger partial charge is 0.378 e. The Balaban J connectivity index is 1.32. The Kier molecular flexibility index (Phi) is 6.64. The molecule has 1 amide bonds. The van der Waals surface area contributed by atoms with E-state index in [4.69, 9.17) is 4.74 Å². The van der Waals surface area contributed by atoms with Gasteiger partial charge in [-0.1, -0.05) is 53.7 Å². The number of ether oxygens (including phenoxy) is 1. The molecule has 7 nitrogen and oxygen atoms in total. The molecule has 0 radical (unpaired) electrons. The van der Waals surface area contributed by atoms with Crippen LogP contribution in [0.2, 0.25) is 0 Å². The molecule has 172 valence electrons. The van der Waals surface area contributed by atoms with E-state index in [0.29, 0.717) is 19.0 Å². The van der Waals surface area contributed by atoms with Crippen molar-refractivity contribution in [1.29, 1.82) is 0 Å². The zero-order valence-electron chi connectivity index (χ0n) is 18.9. The smallest absolute Gasteiger partial charge is 0.232 e. The number of nitrogens with zero attached hydrogens (tertiary/aromatic N) is 4. The third-order valence-electron chi connectivity index (χ3n) is 6.24. The maximum absolute atomic E-state index is 12.9. The molecule has 1 aliphatic carbocycles. The van der Waals surface area contributed by atoms with Crippen LogP contribution in [0.15, 0.2) is 53.7 Å². The van der Waals surface area contributed by atoms with Crippen LogP contribution in [0.25, 0.3) is 5.69 Å². The Labute approximate surface area is 198 Å². The lowest BCUT2D eigenvalue weighted by Crippen LogP contribution is -2.37. The van der Waals surface area contributed by atoms with Crippen LogP contribution in [0, 0.1) is 6.92 Å². The number of thioether (sulfide) groups is 1. The van der Waals surface area contributed by atoms with Gasteiger partial charge in [0.1, 0.15) is 0 Å². The van der Waals surface area contributed by atoms with Gasteiger partial charge in [0.2, 0.25) is 11.9 Å². The standard InChI is InChI=1S/C25H29N5O2S/c1-18-9-11-20(12-10-18)30-24(29-13-15-32-16-14-29)27-28-25(30)33-17-23(31)26-22-8-4-6-19-5-2-3-7-21(19)22/h2-3,5,7,9-12,22H,4,6,8,13-17H2,1H3,(H,26,31)/t22-/m1/s1. The summed E-state index contributed by atoms with van der Waals surface area (Å²) in [6, 6.07) is 16.8. The first-order valence-corrected chi connectivity index (χ1v) is 12.5. The van der Waals surface area contributed by atoms with E-state index >= 15 is 0 Å². The van der Waals surface area contributed by atoms with Crippen molar-refractivity contribution in [3.05, 3.63) is 65.2 Å². The Morgan fingerprint density at radius 2 is 1.91 bits per heavy atom. The molecule has 0 bridgehead atoms. The number of carbonyl (C=O) groups excluding carboxylic acids is 1. The number of morpholine rings is 1. The van der Waals surface area contributed by atoms with Crippen molar-refractivity contribution >= 4 is 23.6 Å². The predicted molar refractivity (Wildman–Crippen MR) is 130 cm³/mol. The fourth-order valence-electron chi connectivity index (χ4n) is 4.51. The Bertz CT molecular complexity index is 1110. The second kappa shape index (κ2) is 9.97. The first kappa shape index (κ1) is 22.0. The summed E-state index contributed by atoms with van der Waals surface area (Å²) in [5, 5.41) is 12.9. The molecule has 8 heteroatoms. The van der Waals surface area contributed by atoms with E-state index in [0.717, 1.165) is 49.1 Å². The highest BCUT2D eigenvalue weighted by atomic mass is 32.2. The fourth-order valence-corrected chi connectivity index (χ4v) is 5.27. The number of hydrogen-bond acceptors (Lipinski definition) is 6. The van der Waals surface area contributed by atoms with Gasteiger partial charge in [0.05, 0.1) is 30.7 Å². The second-order valence-corrected chi connectivity index (χ2v) is 9.50. The van der Waals surface area contributed by atoms with Gasteiger partial charge in [-0.25, -0.2) is 0 Å². The van der Waals surface area contributed by atoms with Crippen molar-refractivity contribution in [3.63, 3.8) is 0 Å². The molecule has 33 heavy (non-hydrogen) atoms. The number of fused-ring (bicyclic) bond motifs is 1. The van der Waals surface area contributed by atoms with Crippen molar-refractivity contribution in [1.82, 2.24) is 20.1 Å². The molecular formula is C25H29N5O2S. The number of rotatable bonds is 6. The van der Waals surface area contributed by atoms with Crippen LogP contribution in [-0.4, -0.2) is 52.7 Å². The highest BCUT2D eigenvalue weighted by Crippen LogP contribution is 2.30. The van der Waals surface area contributed by atoms with Crippen molar-refractivity contribution < 1.29 is 9.53 Å². The maximum atomic E-state index is 12.9. The molecule has 5 rings (SSSR count). The lowest BCUT2D eigenvalue weighted by molar-refractivity contribution is -0.119. The summed E-state index contributed by atoms with van der Waals surface area (Å²) in [7, 11) is 0. The lowest BCUT2D eigenvalue weighted by atomic mass is 9.88. The molecule has 2 aromatic carbocycles. The quantitative estimate of drug-likeness (QED) is 0.562. The van der Waals surface area contributed by atoms with Gasteiger partial charge >= 0.3 is 0 Å². The molecule has 2 aliphatic rings. The minimum absolute atomic E-state index is 0.0214. The molecule has 1 atom stereocenters. The van der Waals surface area contributed by atoms with Gasteiger partial charge in [0, 0.05) is 13.1 Å². The summed E-state index contributed by atoms with van der Waals surface area (Å²) in [5.41, 5.74) is 4.78. The van der Waals surface area contributed by atoms with Crippen molar-refractivity contribution in [2.75, 3.05) is 37.0 Å². The Morgan fingerprint density at radius 3 is 2.73 bits per heavy atom. The highest BCUT2D eigenvalue weighted by molar-refractivity contribution is 7.99. The van der Waals surface area contributed by atoms with Crippen molar-refractivity contribution in [2.24, 2.45) is 0 Å². The van der Waals surface area contributed by atoms with E-state index in [9.17, 15) is 4.79 Å². The number of aromatic nitrogens is 3. The summed E-state index contributed by atoms with van der Waals surface area (Å²) in [4.78, 5) is 15.1. The predicted octanol–water partition coefficient (Wildman–Crippen LogP) is 3.70. The number of benzene rings is 2. The molecule has 1 saturated heterocycles. The zero-order chi connectivity index (χ0) is 22.6. The van der Waals surface area contributed by atoms with Crippen LogP contribution in [0.1, 0.15) is 35.6 Å². The molecule has 0 unspecified atom stereocenters. The Morgan fingerprint density at radius 1 is 1.12 bits per heavy atom. The fraction of sp³-hybridized carbons (Fsp3) is 0.400. The topological polar surface area (TPSA) is 72.3 Å². The highest BCUT2D eigenvalue weighted by Gasteiger charge is 2.24. The first-order chi connectivity index (χ1) is 16.2. The third-order valence-corrected chi connectivity index (χ3v) is 7.17. The average molecular weight is 464 g/mol. The molecule has 2 heterocycles. The summed E-state index contributed by atoms with van der Waals surface area (Å²) < 4.78 is 7.56. The molecular weight excluding hydrogens is 434 g/mol. The van der Waals surface area contributed by atoms with Gasteiger partial charge in [-0.15, -0.1) is 10.2 Å². The lowest BCUT2D eigenvalue weighted by Gasteiger charge is -2.28.